The molecule has 0 unspecified atom stereocenters. The van der Waals surface area contributed by atoms with Crippen LogP contribution in [0.25, 0.3) is 0 Å². The number of nitrogens with two attached hydrogens (primary N) is 1. The van der Waals surface area contributed by atoms with Crippen LogP contribution in [-0.2, 0) is 10.0 Å². The fourth-order valence-electron chi connectivity index (χ4n) is 2.42. The molecule has 0 atom stereocenters. The van der Waals surface area contributed by atoms with E-state index >= 15 is 0 Å². The summed E-state index contributed by atoms with van der Waals surface area (Å²) in [5.41, 5.74) is 6.05. The van der Waals surface area contributed by atoms with Crippen LogP contribution >= 0.6 is 23.2 Å². The van der Waals surface area contributed by atoms with Crippen LogP contribution in [0.1, 0.15) is 19.3 Å². The van der Waals surface area contributed by atoms with Gasteiger partial charge in [0, 0.05) is 17.8 Å². The summed E-state index contributed by atoms with van der Waals surface area (Å²) in [5, 5.41) is 0.394. The zero-order chi connectivity index (χ0) is 18.9. The molecule has 26 heavy (non-hydrogen) atoms. The van der Waals surface area contributed by atoms with Crippen LogP contribution < -0.4 is 19.9 Å². The lowest BCUT2D eigenvalue weighted by Crippen LogP contribution is -2.39. The van der Waals surface area contributed by atoms with Crippen molar-refractivity contribution in [3.8, 4) is 17.4 Å². The first-order valence-electron chi connectivity index (χ1n) is 7.79. The second-order valence-corrected chi connectivity index (χ2v) is 8.34. The summed E-state index contributed by atoms with van der Waals surface area (Å²) >= 11 is 12.2. The van der Waals surface area contributed by atoms with Crippen LogP contribution in [0.15, 0.2) is 29.3 Å². The third-order valence-electron chi connectivity index (χ3n) is 3.94. The normalized spacial score (nSPS) is 14.7. The zero-order valence-corrected chi connectivity index (χ0v) is 16.2. The molecule has 1 heterocycles. The maximum absolute atomic E-state index is 12.6. The van der Waals surface area contributed by atoms with Crippen molar-refractivity contribution in [2.45, 2.75) is 30.2 Å². The third-order valence-corrected chi connectivity index (χ3v) is 6.02. The Balaban J connectivity index is 1.95. The van der Waals surface area contributed by atoms with Crippen LogP contribution in [0, 0.1) is 0 Å². The number of nitrogens with zero attached hydrogens (tertiary/aromatic N) is 1. The molecule has 140 valence electrons. The van der Waals surface area contributed by atoms with Gasteiger partial charge in [-0.3, -0.25) is 0 Å². The number of nitrogen functional groups attached to an aromatic ring is 1. The molecule has 0 radical (unpaired) electrons. The van der Waals surface area contributed by atoms with E-state index in [2.05, 4.69) is 9.71 Å². The first-order valence-corrected chi connectivity index (χ1v) is 10.0. The van der Waals surface area contributed by atoms with E-state index in [-0.39, 0.29) is 38.4 Å². The van der Waals surface area contributed by atoms with Gasteiger partial charge in [-0.1, -0.05) is 29.6 Å². The van der Waals surface area contributed by atoms with Crippen molar-refractivity contribution in [2.75, 3.05) is 12.8 Å². The van der Waals surface area contributed by atoms with Gasteiger partial charge in [0.2, 0.25) is 15.9 Å². The molecule has 0 spiro atoms. The van der Waals surface area contributed by atoms with Gasteiger partial charge in [0.1, 0.15) is 10.6 Å². The maximum atomic E-state index is 12.6. The van der Waals surface area contributed by atoms with Gasteiger partial charge in [-0.15, -0.1) is 0 Å². The summed E-state index contributed by atoms with van der Waals surface area (Å²) in [7, 11) is -2.46. The first kappa shape index (κ1) is 19.0. The summed E-state index contributed by atoms with van der Waals surface area (Å²) in [6.45, 7) is 0. The largest absolute Gasteiger partial charge is 0.480 e. The van der Waals surface area contributed by atoms with E-state index < -0.39 is 10.0 Å². The molecule has 1 aromatic heterocycles. The molecule has 1 aliphatic rings. The second kappa shape index (κ2) is 7.48. The minimum absolute atomic E-state index is 0.0290. The van der Waals surface area contributed by atoms with Gasteiger partial charge in [0.15, 0.2) is 5.75 Å². The Bertz CT molecular complexity index is 910. The number of hydrogen-bond donors (Lipinski definition) is 2. The lowest BCUT2D eigenvalue weighted by atomic mass is 9.94. The van der Waals surface area contributed by atoms with Crippen LogP contribution in [0.4, 0.5) is 5.69 Å². The Morgan fingerprint density at radius 3 is 2.42 bits per heavy atom. The molecule has 3 rings (SSSR count). The number of anilines is 1. The van der Waals surface area contributed by atoms with E-state index in [0.717, 1.165) is 19.3 Å². The van der Waals surface area contributed by atoms with Gasteiger partial charge >= 0.3 is 0 Å². The molecule has 1 aromatic carbocycles. The molecule has 0 saturated heterocycles. The van der Waals surface area contributed by atoms with E-state index in [9.17, 15) is 8.42 Å². The van der Waals surface area contributed by atoms with Crippen molar-refractivity contribution in [3.05, 3.63) is 34.4 Å². The van der Waals surface area contributed by atoms with Crippen molar-refractivity contribution in [1.29, 1.82) is 0 Å². The Hall–Kier alpha value is -1.74. The number of rotatable bonds is 6. The zero-order valence-electron chi connectivity index (χ0n) is 13.8. The van der Waals surface area contributed by atoms with Crippen LogP contribution in [0.2, 0.25) is 10.0 Å². The standard InChI is InChI=1S/C16H17Cl2N3O4S/c1-24-16-14(26(22,23)21-10-3-2-4-10)7-11(8-20-16)25-15-12(17)5-9(19)6-13(15)18/h5-8,10,21H,2-4,19H2,1H3. The highest BCUT2D eigenvalue weighted by atomic mass is 35.5. The number of methoxy groups -OCH3 is 1. The number of benzene rings is 1. The van der Waals surface area contributed by atoms with Gasteiger partial charge in [-0.2, -0.15) is 0 Å². The molecular formula is C16H17Cl2N3O4S. The summed E-state index contributed by atoms with van der Waals surface area (Å²) < 4.78 is 38.6. The number of nitrogens with one attached hydrogen (secondary N) is 1. The topological polar surface area (TPSA) is 104 Å². The quantitative estimate of drug-likeness (QED) is 0.695. The molecule has 7 nitrogen and oxygen atoms in total. The van der Waals surface area contributed by atoms with Crippen LogP contribution in [0.3, 0.4) is 0 Å². The fraction of sp³-hybridized carbons (Fsp3) is 0.312. The Morgan fingerprint density at radius 2 is 1.88 bits per heavy atom. The lowest BCUT2D eigenvalue weighted by molar-refractivity contribution is 0.372. The molecular weight excluding hydrogens is 401 g/mol. The Labute approximate surface area is 161 Å². The number of pyridine rings is 1. The third kappa shape index (κ3) is 3.98. The minimum atomic E-state index is -3.81. The van der Waals surface area contributed by atoms with E-state index in [4.69, 9.17) is 38.4 Å². The van der Waals surface area contributed by atoms with Gasteiger partial charge in [0.05, 0.1) is 23.4 Å². The minimum Gasteiger partial charge on any atom is -0.480 e. The van der Waals surface area contributed by atoms with E-state index in [1.807, 2.05) is 0 Å². The average Bonchev–Trinajstić information content (AvgIpc) is 2.54. The average molecular weight is 418 g/mol. The summed E-state index contributed by atoms with van der Waals surface area (Å²) in [6.07, 6.45) is 3.94. The molecule has 3 N–H and O–H groups in total. The van der Waals surface area contributed by atoms with Gasteiger partial charge in [-0.05, 0) is 25.0 Å². The molecule has 0 bridgehead atoms. The number of aromatic nitrogens is 1. The molecule has 1 aliphatic carbocycles. The highest BCUT2D eigenvalue weighted by Crippen LogP contribution is 2.39. The molecule has 0 amide bonds. The second-order valence-electron chi connectivity index (χ2n) is 5.84. The van der Waals surface area contributed by atoms with Crippen molar-refractivity contribution >= 4 is 38.9 Å². The maximum Gasteiger partial charge on any atom is 0.246 e. The highest BCUT2D eigenvalue weighted by Gasteiger charge is 2.28. The SMILES string of the molecule is COc1ncc(Oc2c(Cl)cc(N)cc2Cl)cc1S(=O)(=O)NC1CCC1. The van der Waals surface area contributed by atoms with Gasteiger partial charge < -0.3 is 15.2 Å². The molecule has 0 aliphatic heterocycles. The molecule has 2 aromatic rings. The fourth-order valence-corrected chi connectivity index (χ4v) is 4.44. The van der Waals surface area contributed by atoms with Crippen LogP contribution in [-0.4, -0.2) is 26.6 Å². The van der Waals surface area contributed by atoms with Crippen molar-refractivity contribution in [1.82, 2.24) is 9.71 Å². The Morgan fingerprint density at radius 1 is 1.23 bits per heavy atom. The van der Waals surface area contributed by atoms with Crippen molar-refractivity contribution < 1.29 is 17.9 Å². The number of hydrogen-bond acceptors (Lipinski definition) is 6. The molecule has 10 heteroatoms. The summed E-state index contributed by atoms with van der Waals surface area (Å²) in [4.78, 5) is 3.89. The Kier molecular flexibility index (Phi) is 5.47. The summed E-state index contributed by atoms with van der Waals surface area (Å²) in [6, 6.07) is 4.20. The van der Waals surface area contributed by atoms with Gasteiger partial charge in [-0.25, -0.2) is 18.1 Å². The van der Waals surface area contributed by atoms with Gasteiger partial charge in [0.25, 0.3) is 0 Å². The summed E-state index contributed by atoms with van der Waals surface area (Å²) in [5.74, 6) is 0.275. The van der Waals surface area contributed by atoms with Crippen molar-refractivity contribution in [3.63, 3.8) is 0 Å². The van der Waals surface area contributed by atoms with E-state index in [1.54, 1.807) is 0 Å². The number of sulfonamides is 1. The van der Waals surface area contributed by atoms with Crippen LogP contribution in [0.5, 0.6) is 17.4 Å². The molecule has 1 saturated carbocycles. The van der Waals surface area contributed by atoms with E-state index in [1.165, 1.54) is 31.5 Å². The highest BCUT2D eigenvalue weighted by molar-refractivity contribution is 7.89. The first-order chi connectivity index (χ1) is 12.3. The smallest absolute Gasteiger partial charge is 0.246 e. The predicted octanol–water partition coefficient (Wildman–Crippen LogP) is 3.60. The number of ether oxygens (including phenoxy) is 2. The number of halogens is 2. The molecule has 1 fully saturated rings. The van der Waals surface area contributed by atoms with E-state index in [0.29, 0.717) is 5.69 Å². The predicted molar refractivity (Wildman–Crippen MR) is 99.7 cm³/mol. The lowest BCUT2D eigenvalue weighted by Gasteiger charge is -2.26. The monoisotopic (exact) mass is 417 g/mol. The van der Waals surface area contributed by atoms with Crippen molar-refractivity contribution in [2.24, 2.45) is 0 Å².